The first-order valence-electron chi connectivity index (χ1n) is 14.7. The summed E-state index contributed by atoms with van der Waals surface area (Å²) in [6, 6.07) is 7.59. The van der Waals surface area contributed by atoms with Crippen LogP contribution in [0.2, 0.25) is 0 Å². The zero-order valence-electron chi connectivity index (χ0n) is 23.3. The van der Waals surface area contributed by atoms with E-state index in [0.29, 0.717) is 17.2 Å². The van der Waals surface area contributed by atoms with Crippen LogP contribution in [0.5, 0.6) is 0 Å². The molecule has 9 atom stereocenters. The number of oxazole rings is 1. The van der Waals surface area contributed by atoms with Crippen molar-refractivity contribution < 1.29 is 28.6 Å². The van der Waals surface area contributed by atoms with Crippen LogP contribution in [0.4, 0.5) is 0 Å². The van der Waals surface area contributed by atoms with Crippen molar-refractivity contribution in [2.24, 2.45) is 28.6 Å². The number of aliphatic hydroxyl groups is 1. The molecule has 1 saturated heterocycles. The number of fused-ring (bicyclic) bond motifs is 8. The number of allylic oxidation sites excluding steroid dienone is 4. The van der Waals surface area contributed by atoms with E-state index in [0.717, 1.165) is 43.2 Å². The topological polar surface area (TPSA) is 98.9 Å². The molecule has 1 aromatic carbocycles. The third-order valence-corrected chi connectivity index (χ3v) is 11.7. The van der Waals surface area contributed by atoms with Crippen molar-refractivity contribution in [3.05, 3.63) is 48.1 Å². The van der Waals surface area contributed by atoms with Crippen LogP contribution in [0.25, 0.3) is 11.1 Å². The van der Waals surface area contributed by atoms with Crippen LogP contribution in [0.15, 0.2) is 57.7 Å². The second-order valence-electron chi connectivity index (χ2n) is 12.8. The molecule has 1 N–H and O–H groups in total. The van der Waals surface area contributed by atoms with Crippen molar-refractivity contribution in [3.8, 4) is 0 Å². The lowest BCUT2D eigenvalue weighted by molar-refractivity contribution is -0.197. The average molecular weight is 564 g/mol. The van der Waals surface area contributed by atoms with Gasteiger partial charge in [-0.3, -0.25) is 9.59 Å². The molecule has 7 nitrogen and oxygen atoms in total. The maximum Gasteiger partial charge on any atom is 0.257 e. The highest BCUT2D eigenvalue weighted by Crippen LogP contribution is 2.69. The van der Waals surface area contributed by atoms with E-state index in [-0.39, 0.29) is 46.6 Å². The van der Waals surface area contributed by atoms with E-state index in [1.807, 2.05) is 30.3 Å². The van der Waals surface area contributed by atoms with E-state index in [2.05, 4.69) is 25.8 Å². The van der Waals surface area contributed by atoms with Gasteiger partial charge in [-0.2, -0.15) is 0 Å². The van der Waals surface area contributed by atoms with Gasteiger partial charge in [0.05, 0.1) is 18.0 Å². The van der Waals surface area contributed by atoms with Crippen molar-refractivity contribution in [2.75, 3.05) is 5.75 Å². The Balaban J connectivity index is 1.22. The van der Waals surface area contributed by atoms with Crippen LogP contribution in [-0.2, 0) is 19.1 Å². The molecule has 4 aliphatic carbocycles. The Kier molecular flexibility index (Phi) is 6.24. The summed E-state index contributed by atoms with van der Waals surface area (Å²) < 4.78 is 19.2. The zero-order chi connectivity index (χ0) is 27.9. The van der Waals surface area contributed by atoms with Gasteiger partial charge in [-0.25, -0.2) is 4.98 Å². The minimum absolute atomic E-state index is 0.00947. The van der Waals surface area contributed by atoms with Gasteiger partial charge in [0.1, 0.15) is 5.52 Å². The molecule has 4 fully saturated rings. The van der Waals surface area contributed by atoms with Gasteiger partial charge in [-0.05, 0) is 68.2 Å². The Morgan fingerprint density at radius 2 is 2.08 bits per heavy atom. The number of benzene rings is 1. The number of aromatic nitrogens is 1. The van der Waals surface area contributed by atoms with Gasteiger partial charge < -0.3 is 19.0 Å². The van der Waals surface area contributed by atoms with Gasteiger partial charge in [-0.15, -0.1) is 0 Å². The van der Waals surface area contributed by atoms with E-state index < -0.39 is 23.4 Å². The van der Waals surface area contributed by atoms with Crippen LogP contribution in [0, 0.1) is 28.6 Å². The fourth-order valence-electron chi connectivity index (χ4n) is 9.15. The number of ether oxygens (including phenoxy) is 2. The molecule has 3 saturated carbocycles. The van der Waals surface area contributed by atoms with Crippen LogP contribution < -0.4 is 0 Å². The molecule has 0 radical (unpaired) electrons. The van der Waals surface area contributed by atoms with Crippen molar-refractivity contribution in [1.82, 2.24) is 4.98 Å². The third kappa shape index (κ3) is 3.65. The Bertz CT molecular complexity index is 1400. The summed E-state index contributed by atoms with van der Waals surface area (Å²) in [6.45, 7) is 6.42. The fourth-order valence-corrected chi connectivity index (χ4v) is 9.93. The number of para-hydroxylation sites is 2. The van der Waals surface area contributed by atoms with E-state index in [1.54, 1.807) is 12.2 Å². The second kappa shape index (κ2) is 9.38. The lowest BCUT2D eigenvalue weighted by Gasteiger charge is -2.59. The highest BCUT2D eigenvalue weighted by atomic mass is 32.2. The van der Waals surface area contributed by atoms with Gasteiger partial charge in [0.2, 0.25) is 0 Å². The number of nitrogens with zero attached hydrogens (tertiary/aromatic N) is 1. The summed E-state index contributed by atoms with van der Waals surface area (Å²) in [5, 5.41) is 12.3. The maximum absolute atomic E-state index is 14.4. The van der Waals surface area contributed by atoms with Crippen molar-refractivity contribution in [3.63, 3.8) is 0 Å². The van der Waals surface area contributed by atoms with Crippen molar-refractivity contribution >= 4 is 34.4 Å². The molecule has 212 valence electrons. The SMILES string of the molecule is CCC[C@H]1O[C@@H]2CC3C4CCC5=CC(=O)C=CC5(C)C4C(O)CC3(C)[C@]2(C(=O)CSc2nc3ccccc3o2)O1. The lowest BCUT2D eigenvalue weighted by Crippen LogP contribution is -2.63. The normalized spacial score (nSPS) is 41.8. The number of thioether (sulfide) groups is 1. The quantitative estimate of drug-likeness (QED) is 0.450. The van der Waals surface area contributed by atoms with Crippen molar-refractivity contribution in [1.29, 1.82) is 0 Å². The first-order valence-corrected chi connectivity index (χ1v) is 15.7. The number of hydrogen-bond donors (Lipinski definition) is 1. The summed E-state index contributed by atoms with van der Waals surface area (Å²) in [6.07, 6.45) is 8.58. The summed E-state index contributed by atoms with van der Waals surface area (Å²) in [5.41, 5.74) is 0.524. The maximum atomic E-state index is 14.4. The van der Waals surface area contributed by atoms with Crippen LogP contribution in [0.1, 0.15) is 59.3 Å². The Hall–Kier alpha value is -2.26. The van der Waals surface area contributed by atoms with Crippen LogP contribution in [-0.4, -0.2) is 51.5 Å². The van der Waals surface area contributed by atoms with Crippen molar-refractivity contribution in [2.45, 2.75) is 88.6 Å². The largest absolute Gasteiger partial charge is 0.431 e. The standard InChI is InChI=1S/C32H37NO6S/c1-4-7-27-38-26-15-21-20-11-10-18-14-19(34)12-13-30(18,2)28(20)23(35)16-31(21,3)32(26,39-27)25(36)17-40-29-33-22-8-5-6-9-24(22)37-29/h5-6,8-9,12-14,20-21,23,26-28,35H,4,7,10-11,15-17H2,1-3H3/t20?,21?,23?,26-,27+,28?,30?,31?,32-/m1/s1. The first kappa shape index (κ1) is 26.6. The van der Waals surface area contributed by atoms with E-state index in [1.165, 1.54) is 11.8 Å². The van der Waals surface area contributed by atoms with Gasteiger partial charge in [0, 0.05) is 16.7 Å². The third-order valence-electron chi connectivity index (χ3n) is 10.8. The molecular formula is C32H37NO6S. The summed E-state index contributed by atoms with van der Waals surface area (Å²) in [5.74, 6) is 0.530. The van der Waals surface area contributed by atoms with Gasteiger partial charge in [0.15, 0.2) is 29.0 Å². The summed E-state index contributed by atoms with van der Waals surface area (Å²) in [7, 11) is 0. The number of carbonyl (C=O) groups excluding carboxylic acids is 2. The van der Waals surface area contributed by atoms with Crippen LogP contribution >= 0.6 is 11.8 Å². The molecule has 40 heavy (non-hydrogen) atoms. The average Bonchev–Trinajstić information content (AvgIpc) is 3.57. The minimum atomic E-state index is -1.13. The zero-order valence-corrected chi connectivity index (χ0v) is 24.1. The molecule has 0 spiro atoms. The Morgan fingerprint density at radius 3 is 2.88 bits per heavy atom. The molecule has 2 heterocycles. The molecule has 5 aliphatic rings. The Labute approximate surface area is 238 Å². The van der Waals surface area contributed by atoms with Gasteiger partial charge >= 0.3 is 0 Å². The molecule has 6 unspecified atom stereocenters. The predicted octanol–water partition coefficient (Wildman–Crippen LogP) is 5.66. The highest BCUT2D eigenvalue weighted by molar-refractivity contribution is 7.99. The fraction of sp³-hybridized carbons (Fsp3) is 0.594. The number of aliphatic hydroxyl groups excluding tert-OH is 1. The number of rotatable bonds is 6. The molecule has 1 aliphatic heterocycles. The van der Waals surface area contributed by atoms with E-state index in [9.17, 15) is 14.7 Å². The molecule has 0 amide bonds. The van der Waals surface area contributed by atoms with Gasteiger partial charge in [-0.1, -0.05) is 62.7 Å². The Morgan fingerprint density at radius 1 is 1.25 bits per heavy atom. The molecule has 2 aromatic rings. The lowest BCUT2D eigenvalue weighted by atomic mass is 9.46. The predicted molar refractivity (Wildman–Crippen MR) is 151 cm³/mol. The number of carbonyl (C=O) groups is 2. The summed E-state index contributed by atoms with van der Waals surface area (Å²) >= 11 is 1.30. The highest BCUT2D eigenvalue weighted by Gasteiger charge is 2.75. The van der Waals surface area contributed by atoms with Crippen LogP contribution in [0.3, 0.4) is 0 Å². The summed E-state index contributed by atoms with van der Waals surface area (Å²) in [4.78, 5) is 31.1. The number of ketones is 2. The molecule has 0 bridgehead atoms. The van der Waals surface area contributed by atoms with Gasteiger partial charge in [0.25, 0.3) is 5.22 Å². The number of hydrogen-bond acceptors (Lipinski definition) is 8. The van der Waals surface area contributed by atoms with E-state index in [4.69, 9.17) is 13.9 Å². The molecule has 7 rings (SSSR count). The molecule has 8 heteroatoms. The second-order valence-corrected chi connectivity index (χ2v) is 13.7. The monoisotopic (exact) mass is 563 g/mol. The number of Topliss-reactive ketones (excluding diaryl/α,β-unsaturated/α-hetero) is 1. The smallest absolute Gasteiger partial charge is 0.257 e. The molecule has 1 aromatic heterocycles. The van der Waals surface area contributed by atoms with E-state index >= 15 is 0 Å². The minimum Gasteiger partial charge on any atom is -0.431 e. The molecular weight excluding hydrogens is 526 g/mol. The first-order chi connectivity index (χ1) is 19.2.